The summed E-state index contributed by atoms with van der Waals surface area (Å²) in [5, 5.41) is 0. The van der Waals surface area contributed by atoms with Gasteiger partial charge in [-0.25, -0.2) is 0 Å². The summed E-state index contributed by atoms with van der Waals surface area (Å²) in [6, 6.07) is 17.5. The number of aromatic nitrogens is 1. The molecule has 0 aliphatic rings. The number of hydrogen-bond acceptors (Lipinski definition) is 4. The van der Waals surface area contributed by atoms with E-state index < -0.39 is 5.41 Å². The van der Waals surface area contributed by atoms with Gasteiger partial charge in [-0.1, -0.05) is 63.2 Å². The average Bonchev–Trinajstić information content (AvgIpc) is 2.99. The van der Waals surface area contributed by atoms with Crippen LogP contribution in [0.25, 0.3) is 12.2 Å². The van der Waals surface area contributed by atoms with Crippen molar-refractivity contribution in [3.05, 3.63) is 85.3 Å². The van der Waals surface area contributed by atoms with E-state index in [2.05, 4.69) is 4.98 Å². The molecule has 0 aliphatic heterocycles. The first-order valence-electron chi connectivity index (χ1n) is 9.05. The van der Waals surface area contributed by atoms with E-state index in [4.69, 9.17) is 4.74 Å². The molecule has 0 spiro atoms. The number of rotatable bonds is 5. The Morgan fingerprint density at radius 2 is 1.86 bits per heavy atom. The van der Waals surface area contributed by atoms with Gasteiger partial charge in [-0.2, -0.15) is 0 Å². The molecule has 0 saturated heterocycles. The van der Waals surface area contributed by atoms with Gasteiger partial charge in [0, 0.05) is 11.5 Å². The maximum Gasteiger partial charge on any atom is 0.266 e. The zero-order chi connectivity index (χ0) is 20.1. The Bertz CT molecular complexity index is 1130. The van der Waals surface area contributed by atoms with Gasteiger partial charge in [0.2, 0.25) is 0 Å². The Hall–Kier alpha value is -2.92. The van der Waals surface area contributed by atoms with Gasteiger partial charge in [0.15, 0.2) is 5.78 Å². The summed E-state index contributed by atoms with van der Waals surface area (Å²) in [5.74, 6) is 0.716. The van der Waals surface area contributed by atoms with Crippen LogP contribution in [0.1, 0.15) is 31.9 Å². The van der Waals surface area contributed by atoms with Crippen molar-refractivity contribution in [2.24, 2.45) is 5.41 Å². The molecule has 0 saturated carbocycles. The highest BCUT2D eigenvalue weighted by Crippen LogP contribution is 2.16. The summed E-state index contributed by atoms with van der Waals surface area (Å²) in [7, 11) is 0. The molecule has 0 radical (unpaired) electrons. The molecule has 3 aromatic rings. The number of benzene rings is 2. The predicted octanol–water partition coefficient (Wildman–Crippen LogP) is 3.24. The summed E-state index contributed by atoms with van der Waals surface area (Å²) in [4.78, 5) is 27.1. The summed E-state index contributed by atoms with van der Waals surface area (Å²) >= 11 is 1.27. The zero-order valence-electron chi connectivity index (χ0n) is 16.2. The number of hydrogen-bond donors (Lipinski definition) is 1. The number of H-pyrrole nitrogens is 1. The Kier molecular flexibility index (Phi) is 5.95. The molecular weight excluding hydrogens is 370 g/mol. The lowest BCUT2D eigenvalue weighted by molar-refractivity contribution is -0.119. The van der Waals surface area contributed by atoms with Gasteiger partial charge in [-0.15, -0.1) is 11.3 Å². The number of carbonyl (C=O) groups excluding carboxylic acids is 1. The number of nitrogens with one attached hydrogen (secondary N) is 1. The molecule has 0 fully saturated rings. The Morgan fingerprint density at radius 1 is 1.11 bits per heavy atom. The highest BCUT2D eigenvalue weighted by atomic mass is 32.1. The number of ketones is 1. The lowest BCUT2D eigenvalue weighted by Gasteiger charge is -2.12. The second-order valence-corrected chi connectivity index (χ2v) is 8.62. The highest BCUT2D eigenvalue weighted by molar-refractivity contribution is 7.07. The smallest absolute Gasteiger partial charge is 0.266 e. The van der Waals surface area contributed by atoms with Crippen LogP contribution in [-0.4, -0.2) is 10.8 Å². The fourth-order valence-electron chi connectivity index (χ4n) is 2.45. The second kappa shape index (κ2) is 8.40. The van der Waals surface area contributed by atoms with E-state index in [1.54, 1.807) is 6.08 Å². The maximum atomic E-state index is 12.2. The number of carbonyl (C=O) groups is 1. The topological polar surface area (TPSA) is 59.2 Å². The van der Waals surface area contributed by atoms with Crippen LogP contribution in [0.15, 0.2) is 59.4 Å². The van der Waals surface area contributed by atoms with Crippen LogP contribution in [0.4, 0.5) is 0 Å². The average molecular weight is 394 g/mol. The predicted molar refractivity (Wildman–Crippen MR) is 114 cm³/mol. The molecule has 0 unspecified atom stereocenters. The number of Topliss-reactive ketones (excluding diaryl/α,β-unsaturated/α-hetero) is 1. The molecule has 1 N–H and O–H groups in total. The van der Waals surface area contributed by atoms with Crippen molar-refractivity contribution in [3.63, 3.8) is 0 Å². The first kappa shape index (κ1) is 19.8. The Morgan fingerprint density at radius 3 is 2.57 bits per heavy atom. The summed E-state index contributed by atoms with van der Waals surface area (Å²) < 4.78 is 6.95. The zero-order valence-corrected chi connectivity index (χ0v) is 17.0. The molecule has 1 aromatic heterocycles. The van der Waals surface area contributed by atoms with Gasteiger partial charge in [-0.3, -0.25) is 9.59 Å². The van der Waals surface area contributed by atoms with Gasteiger partial charge in [0.05, 0.1) is 9.20 Å². The third-order valence-electron chi connectivity index (χ3n) is 4.09. The van der Waals surface area contributed by atoms with Crippen LogP contribution < -0.4 is 19.5 Å². The van der Waals surface area contributed by atoms with Crippen molar-refractivity contribution in [2.75, 3.05) is 0 Å². The minimum Gasteiger partial charge on any atom is -0.489 e. The van der Waals surface area contributed by atoms with E-state index in [1.807, 2.05) is 75.4 Å². The lowest BCUT2D eigenvalue weighted by atomic mass is 9.91. The third-order valence-corrected chi connectivity index (χ3v) is 5.05. The van der Waals surface area contributed by atoms with Crippen molar-refractivity contribution < 1.29 is 9.53 Å². The van der Waals surface area contributed by atoms with Crippen molar-refractivity contribution in [1.82, 2.24) is 4.98 Å². The fourth-order valence-corrected chi connectivity index (χ4v) is 3.33. The van der Waals surface area contributed by atoms with E-state index in [0.717, 1.165) is 16.9 Å². The summed E-state index contributed by atoms with van der Waals surface area (Å²) in [6.07, 6.45) is 3.31. The standard InChI is InChI=1S/C23H23NO3S/c1-23(2,3)20(25)14-21-24-22(26)19(28-21)13-17-10-7-11-18(12-17)27-15-16-8-5-4-6-9-16/h4-14H,15H2,1-3H3,(H,24,26)/b19-13+,21-14+. The van der Waals surface area contributed by atoms with Gasteiger partial charge in [-0.05, 0) is 29.3 Å². The van der Waals surface area contributed by atoms with Crippen LogP contribution in [0.3, 0.4) is 0 Å². The number of aromatic amines is 1. The molecule has 1 heterocycles. The highest BCUT2D eigenvalue weighted by Gasteiger charge is 2.18. The largest absolute Gasteiger partial charge is 0.489 e. The minimum atomic E-state index is -0.477. The van der Waals surface area contributed by atoms with Crippen LogP contribution in [0, 0.1) is 5.41 Å². The first-order valence-corrected chi connectivity index (χ1v) is 9.87. The molecule has 28 heavy (non-hydrogen) atoms. The molecule has 0 atom stereocenters. The molecular formula is C23H23NO3S. The molecule has 0 aliphatic carbocycles. The van der Waals surface area contributed by atoms with Crippen LogP contribution in [-0.2, 0) is 11.4 Å². The maximum absolute atomic E-state index is 12.2. The fraction of sp³-hybridized carbons (Fsp3) is 0.217. The molecule has 5 heteroatoms. The Balaban J connectivity index is 1.83. The monoisotopic (exact) mass is 393 g/mol. The summed E-state index contributed by atoms with van der Waals surface area (Å²) in [5.41, 5.74) is 1.28. The first-order chi connectivity index (χ1) is 13.3. The van der Waals surface area contributed by atoms with Crippen LogP contribution in [0.2, 0.25) is 0 Å². The molecule has 4 nitrogen and oxygen atoms in total. The Labute approximate surface area is 167 Å². The van der Waals surface area contributed by atoms with Crippen molar-refractivity contribution in [1.29, 1.82) is 0 Å². The second-order valence-electron chi connectivity index (χ2n) is 7.53. The summed E-state index contributed by atoms with van der Waals surface area (Å²) in [6.45, 7) is 6.04. The van der Waals surface area contributed by atoms with Crippen LogP contribution >= 0.6 is 11.3 Å². The third kappa shape index (κ3) is 5.30. The quantitative estimate of drug-likeness (QED) is 0.724. The van der Waals surface area contributed by atoms with E-state index >= 15 is 0 Å². The SMILES string of the molecule is CC(C)(C)C(=O)/C=c1\[nH]c(=O)/c(=C\c2cccc(OCc3ccccc3)c2)s1. The van der Waals surface area contributed by atoms with E-state index in [0.29, 0.717) is 15.8 Å². The van der Waals surface area contributed by atoms with Crippen molar-refractivity contribution in [2.45, 2.75) is 27.4 Å². The van der Waals surface area contributed by atoms with Gasteiger partial charge in [0.1, 0.15) is 12.4 Å². The van der Waals surface area contributed by atoms with E-state index in [-0.39, 0.29) is 11.3 Å². The molecule has 0 bridgehead atoms. The molecule has 144 valence electrons. The van der Waals surface area contributed by atoms with Crippen LogP contribution in [0.5, 0.6) is 5.75 Å². The number of thiazole rings is 1. The normalized spacial score (nSPS) is 13.0. The van der Waals surface area contributed by atoms with E-state index in [9.17, 15) is 9.59 Å². The van der Waals surface area contributed by atoms with E-state index in [1.165, 1.54) is 17.4 Å². The van der Waals surface area contributed by atoms with Crippen molar-refractivity contribution in [3.8, 4) is 5.75 Å². The van der Waals surface area contributed by atoms with Gasteiger partial charge >= 0.3 is 0 Å². The number of ether oxygens (including phenoxy) is 1. The molecule has 2 aromatic carbocycles. The molecule has 0 amide bonds. The van der Waals surface area contributed by atoms with Crippen molar-refractivity contribution >= 4 is 29.3 Å². The minimum absolute atomic E-state index is 0.0205. The molecule has 3 rings (SSSR count). The lowest BCUT2D eigenvalue weighted by Crippen LogP contribution is -2.22. The van der Waals surface area contributed by atoms with Gasteiger partial charge in [0.25, 0.3) is 5.56 Å². The van der Waals surface area contributed by atoms with Gasteiger partial charge < -0.3 is 9.72 Å².